The maximum atomic E-state index is 12.6. The molecule has 27 heavy (non-hydrogen) atoms. The second kappa shape index (κ2) is 7.20. The molecule has 0 aliphatic rings. The van der Waals surface area contributed by atoms with Crippen molar-refractivity contribution in [3.63, 3.8) is 0 Å². The molecular formula is C18H18N4O4S. The molecule has 0 saturated heterocycles. The number of benzene rings is 2. The first-order chi connectivity index (χ1) is 12.7. The zero-order chi connectivity index (χ0) is 19.6. The molecule has 8 nitrogen and oxygen atoms in total. The quantitative estimate of drug-likeness (QED) is 0.517. The number of aryl methyl sites for hydroxylation is 2. The average Bonchev–Trinajstić information content (AvgIpc) is 2.92. The molecule has 0 bridgehead atoms. The highest BCUT2D eigenvalue weighted by molar-refractivity contribution is 7.92. The summed E-state index contributed by atoms with van der Waals surface area (Å²) in [6, 6.07) is 13.9. The number of nitrogens with one attached hydrogen (secondary N) is 1. The van der Waals surface area contributed by atoms with Crippen LogP contribution in [0.3, 0.4) is 0 Å². The lowest BCUT2D eigenvalue weighted by atomic mass is 10.2. The van der Waals surface area contributed by atoms with Crippen LogP contribution in [0.5, 0.6) is 0 Å². The highest BCUT2D eigenvalue weighted by Gasteiger charge is 2.18. The maximum absolute atomic E-state index is 12.6. The Morgan fingerprint density at radius 3 is 2.52 bits per heavy atom. The normalized spacial score (nSPS) is 11.3. The van der Waals surface area contributed by atoms with Crippen molar-refractivity contribution in [2.24, 2.45) is 0 Å². The van der Waals surface area contributed by atoms with Crippen molar-refractivity contribution < 1.29 is 13.3 Å². The van der Waals surface area contributed by atoms with Crippen LogP contribution in [-0.2, 0) is 16.6 Å². The number of non-ortho nitro benzene ring substituents is 1. The number of hydrogen-bond donors (Lipinski definition) is 1. The fourth-order valence-electron chi connectivity index (χ4n) is 2.72. The Morgan fingerprint density at radius 2 is 1.85 bits per heavy atom. The van der Waals surface area contributed by atoms with Gasteiger partial charge in [-0.1, -0.05) is 18.2 Å². The average molecular weight is 386 g/mol. The van der Waals surface area contributed by atoms with Crippen molar-refractivity contribution in [3.8, 4) is 0 Å². The van der Waals surface area contributed by atoms with E-state index in [1.165, 1.54) is 18.2 Å². The molecule has 0 aliphatic heterocycles. The van der Waals surface area contributed by atoms with E-state index in [0.717, 1.165) is 23.0 Å². The number of nitro benzene ring substituents is 1. The lowest BCUT2D eigenvalue weighted by Crippen LogP contribution is -2.13. The van der Waals surface area contributed by atoms with Crippen LogP contribution >= 0.6 is 0 Å². The fourth-order valence-corrected chi connectivity index (χ4v) is 3.81. The molecule has 3 aromatic rings. The van der Waals surface area contributed by atoms with Crippen LogP contribution in [-0.4, -0.2) is 23.1 Å². The molecule has 1 heterocycles. The van der Waals surface area contributed by atoms with E-state index >= 15 is 0 Å². The van der Waals surface area contributed by atoms with Gasteiger partial charge in [0.05, 0.1) is 22.1 Å². The number of anilines is 1. The third-order valence-electron chi connectivity index (χ3n) is 3.95. The molecule has 140 valence electrons. The van der Waals surface area contributed by atoms with E-state index in [1.54, 1.807) is 18.2 Å². The zero-order valence-electron chi connectivity index (χ0n) is 14.8. The molecule has 1 N–H and O–H groups in total. The van der Waals surface area contributed by atoms with Crippen LogP contribution in [0.1, 0.15) is 17.0 Å². The third-order valence-corrected chi connectivity index (χ3v) is 5.33. The van der Waals surface area contributed by atoms with Gasteiger partial charge in [0, 0.05) is 23.5 Å². The van der Waals surface area contributed by atoms with Gasteiger partial charge < -0.3 is 0 Å². The first kappa shape index (κ1) is 18.6. The summed E-state index contributed by atoms with van der Waals surface area (Å²) in [5.41, 5.74) is 2.89. The molecule has 0 spiro atoms. The van der Waals surface area contributed by atoms with E-state index in [0.29, 0.717) is 12.2 Å². The van der Waals surface area contributed by atoms with Crippen molar-refractivity contribution in [2.75, 3.05) is 4.72 Å². The van der Waals surface area contributed by atoms with Crippen LogP contribution in [0.4, 0.5) is 11.4 Å². The molecule has 0 radical (unpaired) electrons. The second-order valence-corrected chi connectivity index (χ2v) is 7.83. The summed E-state index contributed by atoms with van der Waals surface area (Å²) in [6.07, 6.45) is 0. The minimum atomic E-state index is -3.94. The smallest absolute Gasteiger partial charge is 0.270 e. The molecule has 0 atom stereocenters. The maximum Gasteiger partial charge on any atom is 0.270 e. The van der Waals surface area contributed by atoms with Gasteiger partial charge in [-0.05, 0) is 43.7 Å². The van der Waals surface area contributed by atoms with E-state index < -0.39 is 14.9 Å². The van der Waals surface area contributed by atoms with Crippen molar-refractivity contribution in [2.45, 2.75) is 25.3 Å². The molecule has 0 amide bonds. The van der Waals surface area contributed by atoms with Crippen molar-refractivity contribution in [1.82, 2.24) is 9.78 Å². The Kier molecular flexibility index (Phi) is 4.95. The van der Waals surface area contributed by atoms with Crippen molar-refractivity contribution in [1.29, 1.82) is 0 Å². The van der Waals surface area contributed by atoms with E-state index in [4.69, 9.17) is 0 Å². The number of aromatic nitrogens is 2. The zero-order valence-corrected chi connectivity index (χ0v) is 15.6. The number of rotatable bonds is 6. The molecule has 2 aromatic carbocycles. The first-order valence-electron chi connectivity index (χ1n) is 8.12. The van der Waals surface area contributed by atoms with E-state index in [-0.39, 0.29) is 10.6 Å². The summed E-state index contributed by atoms with van der Waals surface area (Å²) in [6.45, 7) is 4.37. The first-order valence-corrected chi connectivity index (χ1v) is 9.60. The molecule has 0 unspecified atom stereocenters. The Bertz CT molecular complexity index is 1110. The van der Waals surface area contributed by atoms with Gasteiger partial charge in [-0.25, -0.2) is 8.42 Å². The standard InChI is InChI=1S/C18H18N4O4S/c1-13-9-14(2)21(19-13)12-15-5-3-6-16(10-15)20-27(25,26)18-8-4-7-17(11-18)22(23)24/h3-11,20H,12H2,1-2H3. The Hall–Kier alpha value is -3.20. The minimum absolute atomic E-state index is 0.166. The monoisotopic (exact) mass is 386 g/mol. The van der Waals surface area contributed by atoms with E-state index in [2.05, 4.69) is 9.82 Å². The summed E-state index contributed by atoms with van der Waals surface area (Å²) < 4.78 is 29.4. The second-order valence-electron chi connectivity index (χ2n) is 6.15. The lowest BCUT2D eigenvalue weighted by molar-refractivity contribution is -0.385. The highest BCUT2D eigenvalue weighted by Crippen LogP contribution is 2.21. The number of nitro groups is 1. The van der Waals surface area contributed by atoms with Gasteiger partial charge in [-0.15, -0.1) is 0 Å². The predicted octanol–water partition coefficient (Wildman–Crippen LogP) is 3.26. The Morgan fingerprint density at radius 1 is 1.11 bits per heavy atom. The molecule has 0 aliphatic carbocycles. The van der Waals surface area contributed by atoms with Crippen molar-refractivity contribution >= 4 is 21.4 Å². The topological polar surface area (TPSA) is 107 Å². The highest BCUT2D eigenvalue weighted by atomic mass is 32.2. The van der Waals surface area contributed by atoms with Gasteiger partial charge in [0.2, 0.25) is 0 Å². The molecule has 3 rings (SSSR count). The summed E-state index contributed by atoms with van der Waals surface area (Å²) in [7, 11) is -3.94. The fraction of sp³-hybridized carbons (Fsp3) is 0.167. The Labute approximate surface area is 156 Å². The van der Waals surface area contributed by atoms with E-state index in [1.807, 2.05) is 30.7 Å². The van der Waals surface area contributed by atoms with Gasteiger partial charge in [0.1, 0.15) is 0 Å². The summed E-state index contributed by atoms with van der Waals surface area (Å²) in [5, 5.41) is 15.3. The molecule has 0 saturated carbocycles. The van der Waals surface area contributed by atoms with Gasteiger partial charge in [-0.3, -0.25) is 19.5 Å². The number of hydrogen-bond acceptors (Lipinski definition) is 5. The molecular weight excluding hydrogens is 368 g/mol. The van der Waals surface area contributed by atoms with Crippen LogP contribution in [0.25, 0.3) is 0 Å². The van der Waals surface area contributed by atoms with Gasteiger partial charge in [-0.2, -0.15) is 5.10 Å². The van der Waals surface area contributed by atoms with Crippen molar-refractivity contribution in [3.05, 3.63) is 81.7 Å². The summed E-state index contributed by atoms with van der Waals surface area (Å²) >= 11 is 0. The third kappa shape index (κ3) is 4.32. The summed E-state index contributed by atoms with van der Waals surface area (Å²) in [4.78, 5) is 10.1. The molecule has 0 fully saturated rings. The lowest BCUT2D eigenvalue weighted by Gasteiger charge is -2.10. The van der Waals surface area contributed by atoms with Crippen LogP contribution in [0.15, 0.2) is 59.5 Å². The predicted molar refractivity (Wildman–Crippen MR) is 101 cm³/mol. The van der Waals surface area contributed by atoms with E-state index in [9.17, 15) is 18.5 Å². The Balaban J connectivity index is 1.84. The van der Waals surface area contributed by atoms with Gasteiger partial charge >= 0.3 is 0 Å². The number of nitrogens with zero attached hydrogens (tertiary/aromatic N) is 3. The minimum Gasteiger partial charge on any atom is -0.280 e. The summed E-state index contributed by atoms with van der Waals surface area (Å²) in [5.74, 6) is 0. The van der Waals surface area contributed by atoms with Crippen LogP contribution in [0, 0.1) is 24.0 Å². The van der Waals surface area contributed by atoms with Crippen LogP contribution in [0.2, 0.25) is 0 Å². The largest absolute Gasteiger partial charge is 0.280 e. The number of sulfonamides is 1. The SMILES string of the molecule is Cc1cc(C)n(Cc2cccc(NS(=O)(=O)c3cccc([N+](=O)[O-])c3)c2)n1. The molecule has 1 aromatic heterocycles. The van der Waals surface area contributed by atoms with Gasteiger partial charge in [0.25, 0.3) is 15.7 Å². The van der Waals surface area contributed by atoms with Crippen LogP contribution < -0.4 is 4.72 Å². The van der Waals surface area contributed by atoms with Gasteiger partial charge in [0.15, 0.2) is 0 Å². The molecule has 9 heteroatoms.